The molecule has 31 heavy (non-hydrogen) atoms. The molecule has 1 aromatic carbocycles. The first-order chi connectivity index (χ1) is 15.0. The summed E-state index contributed by atoms with van der Waals surface area (Å²) in [5, 5.41) is 8.36. The first-order valence-electron chi connectivity index (χ1n) is 10.8. The van der Waals surface area contributed by atoms with E-state index in [0.717, 1.165) is 36.5 Å². The summed E-state index contributed by atoms with van der Waals surface area (Å²) in [5.41, 5.74) is 1.75. The molecule has 1 atom stereocenters. The Morgan fingerprint density at radius 3 is 2.48 bits per heavy atom. The lowest BCUT2D eigenvalue weighted by atomic mass is 10.1. The third-order valence-corrected chi connectivity index (χ3v) is 5.27. The predicted molar refractivity (Wildman–Crippen MR) is 118 cm³/mol. The van der Waals surface area contributed by atoms with Crippen molar-refractivity contribution in [3.05, 3.63) is 59.5 Å². The van der Waals surface area contributed by atoms with Gasteiger partial charge in [0.1, 0.15) is 17.7 Å². The van der Waals surface area contributed by atoms with Crippen molar-refractivity contribution in [2.24, 2.45) is 0 Å². The lowest BCUT2D eigenvalue weighted by Crippen LogP contribution is -2.49. The Hall–Kier alpha value is -3.16. The molecule has 1 aliphatic heterocycles. The van der Waals surface area contributed by atoms with Crippen LogP contribution >= 0.6 is 0 Å². The molecule has 1 unspecified atom stereocenters. The standard InChI is InChI=1S/C23H30FN5O2/c1-2-5-20(28-23(31)27-15-17-6-8-19(24)9-7-17)22(30)26-16-18-10-11-25-21(14-18)29-12-3-4-13-29/h6-11,14,20H,2-5,12-13,15-16H2,1H3,(H,26,30)(H2,27,28,31). The molecule has 0 bridgehead atoms. The Balaban J connectivity index is 1.49. The molecule has 166 valence electrons. The van der Waals surface area contributed by atoms with E-state index in [4.69, 9.17) is 0 Å². The molecule has 3 N–H and O–H groups in total. The Morgan fingerprint density at radius 2 is 1.77 bits per heavy atom. The second-order valence-electron chi connectivity index (χ2n) is 7.73. The smallest absolute Gasteiger partial charge is 0.315 e. The van der Waals surface area contributed by atoms with Gasteiger partial charge in [0.2, 0.25) is 5.91 Å². The van der Waals surface area contributed by atoms with Crippen LogP contribution in [0.25, 0.3) is 0 Å². The minimum atomic E-state index is -0.627. The van der Waals surface area contributed by atoms with Gasteiger partial charge in [0.15, 0.2) is 0 Å². The van der Waals surface area contributed by atoms with Crippen LogP contribution in [-0.4, -0.2) is 36.1 Å². The van der Waals surface area contributed by atoms with Crippen molar-refractivity contribution in [3.8, 4) is 0 Å². The number of anilines is 1. The summed E-state index contributed by atoms with van der Waals surface area (Å²) < 4.78 is 13.0. The molecule has 3 amide bonds. The quantitative estimate of drug-likeness (QED) is 0.574. The Kier molecular flexibility index (Phi) is 8.20. The largest absolute Gasteiger partial charge is 0.357 e. The molecular formula is C23H30FN5O2. The van der Waals surface area contributed by atoms with Crippen LogP contribution in [-0.2, 0) is 17.9 Å². The van der Waals surface area contributed by atoms with E-state index in [1.807, 2.05) is 19.1 Å². The molecule has 1 saturated heterocycles. The number of hydrogen-bond acceptors (Lipinski definition) is 4. The second-order valence-corrected chi connectivity index (χ2v) is 7.73. The van der Waals surface area contributed by atoms with E-state index in [9.17, 15) is 14.0 Å². The van der Waals surface area contributed by atoms with Crippen LogP contribution in [0.15, 0.2) is 42.6 Å². The van der Waals surface area contributed by atoms with E-state index in [0.29, 0.717) is 13.0 Å². The maximum absolute atomic E-state index is 13.0. The van der Waals surface area contributed by atoms with Crippen LogP contribution in [0, 0.1) is 5.82 Å². The number of amides is 3. The summed E-state index contributed by atoms with van der Waals surface area (Å²) in [6.45, 7) is 4.62. The molecule has 3 rings (SSSR count). The summed E-state index contributed by atoms with van der Waals surface area (Å²) in [6.07, 6.45) is 5.40. The van der Waals surface area contributed by atoms with Gasteiger partial charge in [-0.05, 0) is 54.7 Å². The zero-order valence-corrected chi connectivity index (χ0v) is 17.9. The summed E-state index contributed by atoms with van der Waals surface area (Å²) >= 11 is 0. The monoisotopic (exact) mass is 427 g/mol. The summed E-state index contributed by atoms with van der Waals surface area (Å²) in [6, 6.07) is 8.73. The molecule has 7 nitrogen and oxygen atoms in total. The molecule has 1 aliphatic rings. The Labute approximate surface area is 182 Å². The van der Waals surface area contributed by atoms with Crippen molar-refractivity contribution in [1.82, 2.24) is 20.9 Å². The van der Waals surface area contributed by atoms with Gasteiger partial charge in [-0.3, -0.25) is 4.79 Å². The van der Waals surface area contributed by atoms with E-state index in [1.54, 1.807) is 18.3 Å². The number of halogens is 1. The van der Waals surface area contributed by atoms with Gasteiger partial charge < -0.3 is 20.9 Å². The van der Waals surface area contributed by atoms with Gasteiger partial charge in [0.25, 0.3) is 0 Å². The lowest BCUT2D eigenvalue weighted by molar-refractivity contribution is -0.123. The van der Waals surface area contributed by atoms with Crippen molar-refractivity contribution < 1.29 is 14.0 Å². The average Bonchev–Trinajstić information content (AvgIpc) is 3.32. The highest BCUT2D eigenvalue weighted by Gasteiger charge is 2.20. The third kappa shape index (κ3) is 6.94. The van der Waals surface area contributed by atoms with E-state index in [1.165, 1.54) is 25.0 Å². The van der Waals surface area contributed by atoms with E-state index in [-0.39, 0.29) is 18.3 Å². The third-order valence-electron chi connectivity index (χ3n) is 5.27. The molecule has 2 heterocycles. The number of nitrogens with zero attached hydrogens (tertiary/aromatic N) is 2. The Bertz CT molecular complexity index is 869. The van der Waals surface area contributed by atoms with Crippen LogP contribution in [0.3, 0.4) is 0 Å². The van der Waals surface area contributed by atoms with Gasteiger partial charge in [-0.15, -0.1) is 0 Å². The predicted octanol–water partition coefficient (Wildman–Crippen LogP) is 3.11. The fourth-order valence-electron chi connectivity index (χ4n) is 3.55. The minimum Gasteiger partial charge on any atom is -0.357 e. The van der Waals surface area contributed by atoms with Crippen LogP contribution < -0.4 is 20.9 Å². The fraction of sp³-hybridized carbons (Fsp3) is 0.435. The fourth-order valence-corrected chi connectivity index (χ4v) is 3.55. The number of aromatic nitrogens is 1. The molecule has 0 saturated carbocycles. The second kappa shape index (κ2) is 11.3. The number of rotatable bonds is 9. The van der Waals surface area contributed by atoms with Gasteiger partial charge in [-0.2, -0.15) is 0 Å². The number of hydrogen-bond donors (Lipinski definition) is 3. The van der Waals surface area contributed by atoms with Crippen molar-refractivity contribution in [1.29, 1.82) is 0 Å². The number of benzene rings is 1. The molecular weight excluding hydrogens is 397 g/mol. The topological polar surface area (TPSA) is 86.4 Å². The Morgan fingerprint density at radius 1 is 1.06 bits per heavy atom. The number of pyridine rings is 1. The highest BCUT2D eigenvalue weighted by atomic mass is 19.1. The molecule has 8 heteroatoms. The number of nitrogens with one attached hydrogen (secondary N) is 3. The van der Waals surface area contributed by atoms with Crippen molar-refractivity contribution >= 4 is 17.8 Å². The number of carbonyl (C=O) groups excluding carboxylic acids is 2. The highest BCUT2D eigenvalue weighted by Crippen LogP contribution is 2.18. The van der Waals surface area contributed by atoms with Gasteiger partial charge in [0.05, 0.1) is 0 Å². The number of carbonyl (C=O) groups is 2. The summed E-state index contributed by atoms with van der Waals surface area (Å²) in [5.74, 6) is 0.389. The van der Waals surface area contributed by atoms with E-state index in [2.05, 4.69) is 25.8 Å². The van der Waals surface area contributed by atoms with Gasteiger partial charge in [-0.25, -0.2) is 14.2 Å². The molecule has 1 aromatic heterocycles. The highest BCUT2D eigenvalue weighted by molar-refractivity contribution is 5.87. The summed E-state index contributed by atoms with van der Waals surface area (Å²) in [7, 11) is 0. The number of urea groups is 1. The lowest BCUT2D eigenvalue weighted by Gasteiger charge is -2.19. The SMILES string of the molecule is CCCC(NC(=O)NCc1ccc(F)cc1)C(=O)NCc1ccnc(N2CCCC2)c1. The van der Waals surface area contributed by atoms with Crippen molar-refractivity contribution in [3.63, 3.8) is 0 Å². The first-order valence-corrected chi connectivity index (χ1v) is 10.8. The zero-order valence-electron chi connectivity index (χ0n) is 17.9. The van der Waals surface area contributed by atoms with Crippen LogP contribution in [0.4, 0.5) is 15.0 Å². The molecule has 1 fully saturated rings. The van der Waals surface area contributed by atoms with Crippen LogP contribution in [0.5, 0.6) is 0 Å². The zero-order chi connectivity index (χ0) is 22.1. The first kappa shape index (κ1) is 22.5. The van der Waals surface area contributed by atoms with Crippen LogP contribution in [0.1, 0.15) is 43.7 Å². The van der Waals surface area contributed by atoms with E-state index >= 15 is 0 Å². The van der Waals surface area contributed by atoms with E-state index < -0.39 is 12.1 Å². The summed E-state index contributed by atoms with van der Waals surface area (Å²) in [4.78, 5) is 31.6. The maximum Gasteiger partial charge on any atom is 0.315 e. The average molecular weight is 428 g/mol. The normalized spacial score (nSPS) is 14.2. The minimum absolute atomic E-state index is 0.224. The van der Waals surface area contributed by atoms with Crippen molar-refractivity contribution in [2.45, 2.75) is 51.7 Å². The molecule has 0 aliphatic carbocycles. The molecule has 2 aromatic rings. The van der Waals surface area contributed by atoms with Gasteiger partial charge in [-0.1, -0.05) is 25.5 Å². The molecule has 0 radical (unpaired) electrons. The van der Waals surface area contributed by atoms with Crippen LogP contribution in [0.2, 0.25) is 0 Å². The van der Waals surface area contributed by atoms with Gasteiger partial charge >= 0.3 is 6.03 Å². The van der Waals surface area contributed by atoms with Crippen molar-refractivity contribution in [2.75, 3.05) is 18.0 Å². The molecule has 0 spiro atoms. The maximum atomic E-state index is 13.0. The van der Waals surface area contributed by atoms with Gasteiger partial charge in [0, 0.05) is 32.4 Å².